The van der Waals surface area contributed by atoms with E-state index in [1.165, 1.54) is 11.9 Å². The molecule has 2 atom stereocenters. The van der Waals surface area contributed by atoms with Gasteiger partial charge < -0.3 is 9.88 Å². The quantitative estimate of drug-likeness (QED) is 0.930. The van der Waals surface area contributed by atoms with Crippen LogP contribution in [0, 0.1) is 11.8 Å². The number of hydrogen-bond donors (Lipinski definition) is 1. The van der Waals surface area contributed by atoms with Gasteiger partial charge >= 0.3 is 6.18 Å². The van der Waals surface area contributed by atoms with Gasteiger partial charge in [0.15, 0.2) is 0 Å². The van der Waals surface area contributed by atoms with Gasteiger partial charge in [-0.3, -0.25) is 4.79 Å². The number of imidazole rings is 1. The molecule has 0 saturated heterocycles. The Morgan fingerprint density at radius 2 is 2.15 bits per heavy atom. The van der Waals surface area contributed by atoms with Crippen molar-refractivity contribution in [3.8, 4) is 0 Å². The number of amides is 1. The second-order valence-corrected chi connectivity index (χ2v) is 5.27. The molecule has 1 aromatic heterocycles. The fourth-order valence-corrected chi connectivity index (χ4v) is 2.79. The summed E-state index contributed by atoms with van der Waals surface area (Å²) in [6.45, 7) is 0.201. The minimum absolute atomic E-state index is 0.0501. The lowest BCUT2D eigenvalue weighted by molar-refractivity contribution is -0.200. The summed E-state index contributed by atoms with van der Waals surface area (Å²) >= 11 is 0. The van der Waals surface area contributed by atoms with Crippen molar-refractivity contribution in [1.29, 1.82) is 0 Å². The number of H-pyrrole nitrogens is 1. The summed E-state index contributed by atoms with van der Waals surface area (Å²) in [4.78, 5) is 20.4. The molecule has 1 saturated carbocycles. The number of aromatic nitrogens is 2. The second kappa shape index (κ2) is 5.85. The van der Waals surface area contributed by atoms with E-state index in [1.807, 2.05) is 0 Å². The maximum atomic E-state index is 13.0. The molecule has 0 bridgehead atoms. The van der Waals surface area contributed by atoms with Gasteiger partial charge in [-0.2, -0.15) is 13.2 Å². The van der Waals surface area contributed by atoms with Gasteiger partial charge in [0.05, 0.1) is 12.5 Å². The van der Waals surface area contributed by atoms with Gasteiger partial charge in [0, 0.05) is 25.4 Å². The summed E-state index contributed by atoms with van der Waals surface area (Å²) in [5.41, 5.74) is 0. The molecular weight excluding hydrogens is 271 g/mol. The van der Waals surface area contributed by atoms with E-state index in [0.717, 1.165) is 0 Å². The predicted octanol–water partition coefficient (Wildman–Crippen LogP) is 2.74. The molecule has 2 rings (SSSR count). The summed E-state index contributed by atoms with van der Waals surface area (Å²) in [6.07, 6.45) is 0.444. The Morgan fingerprint density at radius 3 is 2.75 bits per heavy atom. The predicted molar refractivity (Wildman–Crippen MR) is 66.6 cm³/mol. The maximum Gasteiger partial charge on any atom is 0.392 e. The zero-order valence-corrected chi connectivity index (χ0v) is 11.3. The van der Waals surface area contributed by atoms with Gasteiger partial charge in [0.2, 0.25) is 5.91 Å². The highest BCUT2D eigenvalue weighted by Gasteiger charge is 2.48. The van der Waals surface area contributed by atoms with Gasteiger partial charge in [0.25, 0.3) is 0 Å². The summed E-state index contributed by atoms with van der Waals surface area (Å²) < 4.78 is 39.0. The Hall–Kier alpha value is -1.53. The molecule has 20 heavy (non-hydrogen) atoms. The Kier molecular flexibility index (Phi) is 4.35. The van der Waals surface area contributed by atoms with Crippen LogP contribution < -0.4 is 0 Å². The third-order valence-electron chi connectivity index (χ3n) is 3.82. The van der Waals surface area contributed by atoms with Crippen LogP contribution in [-0.4, -0.2) is 34.0 Å². The molecule has 4 nitrogen and oxygen atoms in total. The number of rotatable bonds is 3. The van der Waals surface area contributed by atoms with E-state index in [1.54, 1.807) is 12.4 Å². The smallest absolute Gasteiger partial charge is 0.347 e. The number of alkyl halides is 3. The molecule has 1 aliphatic rings. The van der Waals surface area contributed by atoms with Gasteiger partial charge in [0.1, 0.15) is 5.82 Å². The lowest BCUT2D eigenvalue weighted by Crippen LogP contribution is -2.43. The first-order valence-corrected chi connectivity index (χ1v) is 6.69. The normalized spacial score (nSPS) is 23.6. The lowest BCUT2D eigenvalue weighted by Gasteiger charge is -2.34. The number of nitrogens with one attached hydrogen (secondary N) is 1. The molecule has 2 unspecified atom stereocenters. The van der Waals surface area contributed by atoms with E-state index in [9.17, 15) is 18.0 Å². The van der Waals surface area contributed by atoms with Crippen molar-refractivity contribution in [1.82, 2.24) is 14.9 Å². The molecule has 1 N–H and O–H groups in total. The molecular formula is C13H18F3N3O. The number of aromatic amines is 1. The van der Waals surface area contributed by atoms with Gasteiger partial charge in [-0.1, -0.05) is 12.8 Å². The highest BCUT2D eigenvalue weighted by molar-refractivity contribution is 5.79. The first kappa shape index (κ1) is 14.9. The Balaban J connectivity index is 2.05. The molecule has 1 amide bonds. The van der Waals surface area contributed by atoms with E-state index in [-0.39, 0.29) is 13.0 Å². The number of nitrogens with zero attached hydrogens (tertiary/aromatic N) is 2. The molecule has 0 aliphatic heterocycles. The van der Waals surface area contributed by atoms with Crippen molar-refractivity contribution >= 4 is 5.91 Å². The van der Waals surface area contributed by atoms with E-state index in [4.69, 9.17) is 0 Å². The molecule has 1 heterocycles. The molecule has 1 aromatic rings. The third-order valence-corrected chi connectivity index (χ3v) is 3.82. The lowest BCUT2D eigenvalue weighted by atomic mass is 9.78. The van der Waals surface area contributed by atoms with E-state index >= 15 is 0 Å². The molecule has 0 aromatic carbocycles. The minimum atomic E-state index is -4.30. The fraction of sp³-hybridized carbons (Fsp3) is 0.692. The van der Waals surface area contributed by atoms with Crippen molar-refractivity contribution in [3.63, 3.8) is 0 Å². The highest BCUT2D eigenvalue weighted by atomic mass is 19.4. The van der Waals surface area contributed by atoms with Crippen molar-refractivity contribution in [2.45, 2.75) is 38.4 Å². The van der Waals surface area contributed by atoms with Gasteiger partial charge in [-0.15, -0.1) is 0 Å². The maximum absolute atomic E-state index is 13.0. The summed E-state index contributed by atoms with van der Waals surface area (Å²) in [6, 6.07) is 0. The van der Waals surface area contributed by atoms with Crippen molar-refractivity contribution < 1.29 is 18.0 Å². The Bertz CT molecular complexity index is 444. The van der Waals surface area contributed by atoms with Crippen LogP contribution in [0.1, 0.15) is 31.5 Å². The second-order valence-electron chi connectivity index (χ2n) is 5.27. The monoisotopic (exact) mass is 289 g/mol. The standard InChI is InChI=1S/C13H18F3N3O/c1-19(8-11-17-6-7-18-11)12(20)9-4-2-3-5-10(9)13(14,15)16/h6-7,9-10H,2-5,8H2,1H3,(H,17,18). The molecule has 1 fully saturated rings. The number of hydrogen-bond acceptors (Lipinski definition) is 2. The van der Waals surface area contributed by atoms with Gasteiger partial charge in [-0.25, -0.2) is 4.98 Å². The first-order valence-electron chi connectivity index (χ1n) is 6.69. The number of carbonyl (C=O) groups is 1. The Labute approximate surface area is 115 Å². The average Bonchev–Trinajstić information content (AvgIpc) is 2.89. The highest BCUT2D eigenvalue weighted by Crippen LogP contribution is 2.42. The minimum Gasteiger partial charge on any atom is -0.347 e. The molecule has 0 spiro atoms. The van der Waals surface area contributed by atoms with Gasteiger partial charge in [-0.05, 0) is 12.8 Å². The van der Waals surface area contributed by atoms with E-state index in [2.05, 4.69) is 9.97 Å². The zero-order chi connectivity index (χ0) is 14.8. The van der Waals surface area contributed by atoms with Crippen LogP contribution >= 0.6 is 0 Å². The molecule has 112 valence electrons. The fourth-order valence-electron chi connectivity index (χ4n) is 2.79. The van der Waals surface area contributed by atoms with Crippen molar-refractivity contribution in [2.24, 2.45) is 11.8 Å². The van der Waals surface area contributed by atoms with Crippen LogP contribution in [0.2, 0.25) is 0 Å². The number of halogens is 3. The third kappa shape index (κ3) is 3.32. The topological polar surface area (TPSA) is 49.0 Å². The average molecular weight is 289 g/mol. The van der Waals surface area contributed by atoms with Crippen LogP contribution in [0.3, 0.4) is 0 Å². The van der Waals surface area contributed by atoms with Crippen molar-refractivity contribution in [2.75, 3.05) is 7.05 Å². The SMILES string of the molecule is CN(Cc1ncc[nH]1)C(=O)C1CCCCC1C(F)(F)F. The molecule has 7 heteroatoms. The summed E-state index contributed by atoms with van der Waals surface area (Å²) in [5.74, 6) is -2.34. The van der Waals surface area contributed by atoms with Crippen LogP contribution in [0.15, 0.2) is 12.4 Å². The summed E-state index contributed by atoms with van der Waals surface area (Å²) in [7, 11) is 1.52. The zero-order valence-electron chi connectivity index (χ0n) is 11.3. The van der Waals surface area contributed by atoms with Crippen LogP contribution in [-0.2, 0) is 11.3 Å². The largest absolute Gasteiger partial charge is 0.392 e. The summed E-state index contributed by atoms with van der Waals surface area (Å²) in [5, 5.41) is 0. The van der Waals surface area contributed by atoms with Crippen molar-refractivity contribution in [3.05, 3.63) is 18.2 Å². The molecule has 1 aliphatic carbocycles. The Morgan fingerprint density at radius 1 is 1.45 bits per heavy atom. The molecule has 0 radical (unpaired) electrons. The van der Waals surface area contributed by atoms with Crippen LogP contribution in [0.4, 0.5) is 13.2 Å². The van der Waals surface area contributed by atoms with E-state index in [0.29, 0.717) is 25.1 Å². The number of carbonyl (C=O) groups excluding carboxylic acids is 1. The van der Waals surface area contributed by atoms with E-state index < -0.39 is 23.9 Å². The van der Waals surface area contributed by atoms with Crippen LogP contribution in [0.5, 0.6) is 0 Å². The van der Waals surface area contributed by atoms with Crippen LogP contribution in [0.25, 0.3) is 0 Å². The first-order chi connectivity index (χ1) is 9.39.